The zero-order chi connectivity index (χ0) is 8.32. The van der Waals surface area contributed by atoms with E-state index < -0.39 is 11.8 Å². The van der Waals surface area contributed by atoms with E-state index in [0.29, 0.717) is 6.61 Å². The van der Waals surface area contributed by atoms with Crippen molar-refractivity contribution in [3.8, 4) is 0 Å². The zero-order valence-electron chi connectivity index (χ0n) is 6.98. The zero-order valence-corrected chi connectivity index (χ0v) is 7.79. The van der Waals surface area contributed by atoms with E-state index in [1.165, 1.54) is 0 Å². The maximum Gasteiger partial charge on any atom is 0.253 e. The summed E-state index contributed by atoms with van der Waals surface area (Å²) in [5.41, 5.74) is 0. The lowest BCUT2D eigenvalue weighted by molar-refractivity contribution is 0.0560. The van der Waals surface area contributed by atoms with Gasteiger partial charge in [0.25, 0.3) is 5.92 Å². The van der Waals surface area contributed by atoms with E-state index in [0.717, 1.165) is 6.54 Å². The summed E-state index contributed by atoms with van der Waals surface area (Å²) in [6.45, 7) is 1.44. The van der Waals surface area contributed by atoms with Gasteiger partial charge in [0.2, 0.25) is 0 Å². The molecule has 74 valence electrons. The molecule has 1 aliphatic rings. The Morgan fingerprint density at radius 1 is 1.58 bits per heavy atom. The van der Waals surface area contributed by atoms with E-state index in [1.54, 1.807) is 7.05 Å². The largest absolute Gasteiger partial charge is 0.380 e. The normalized spacial score (nSPS) is 24.8. The van der Waals surface area contributed by atoms with Crippen LogP contribution in [0.4, 0.5) is 8.78 Å². The van der Waals surface area contributed by atoms with Crippen LogP contribution in [0.1, 0.15) is 6.42 Å². The minimum atomic E-state index is -2.43. The van der Waals surface area contributed by atoms with Gasteiger partial charge < -0.3 is 10.1 Å². The van der Waals surface area contributed by atoms with Crippen LogP contribution in [0.3, 0.4) is 0 Å². The first-order valence-corrected chi connectivity index (χ1v) is 3.77. The Bertz CT molecular complexity index is 135. The van der Waals surface area contributed by atoms with Gasteiger partial charge in [0, 0.05) is 13.0 Å². The number of alkyl halides is 2. The molecule has 0 aromatic heterocycles. The number of ether oxygens (including phenoxy) is 1. The van der Waals surface area contributed by atoms with Crippen LogP contribution in [0.25, 0.3) is 0 Å². The van der Waals surface area contributed by atoms with Gasteiger partial charge in [0.05, 0.1) is 19.1 Å². The van der Waals surface area contributed by atoms with Gasteiger partial charge in [-0.05, 0) is 7.05 Å². The Morgan fingerprint density at radius 3 is 2.58 bits per heavy atom. The summed E-state index contributed by atoms with van der Waals surface area (Å²) >= 11 is 0. The van der Waals surface area contributed by atoms with Crippen LogP contribution in [0, 0.1) is 5.92 Å². The van der Waals surface area contributed by atoms with Gasteiger partial charge in [-0.1, -0.05) is 0 Å². The smallest absolute Gasteiger partial charge is 0.253 e. The van der Waals surface area contributed by atoms with Crippen molar-refractivity contribution in [1.29, 1.82) is 0 Å². The topological polar surface area (TPSA) is 21.3 Å². The molecule has 0 radical (unpaired) electrons. The first-order chi connectivity index (χ1) is 5.17. The fraction of sp³-hybridized carbons (Fsp3) is 1.00. The highest BCUT2D eigenvalue weighted by Crippen LogP contribution is 2.48. The second-order valence-electron chi connectivity index (χ2n) is 2.84. The van der Waals surface area contributed by atoms with Crippen LogP contribution in [0.5, 0.6) is 0 Å². The Balaban J connectivity index is 0.00000121. The molecule has 1 aliphatic carbocycles. The molecule has 0 aliphatic heterocycles. The second-order valence-corrected chi connectivity index (χ2v) is 2.84. The Morgan fingerprint density at radius 2 is 2.17 bits per heavy atom. The monoisotopic (exact) mass is 201 g/mol. The number of halogens is 3. The third-order valence-corrected chi connectivity index (χ3v) is 1.77. The fourth-order valence-electron chi connectivity index (χ4n) is 0.850. The van der Waals surface area contributed by atoms with Crippen molar-refractivity contribution in [3.05, 3.63) is 0 Å². The summed E-state index contributed by atoms with van der Waals surface area (Å²) in [4.78, 5) is 0. The third-order valence-electron chi connectivity index (χ3n) is 1.77. The van der Waals surface area contributed by atoms with Crippen LogP contribution < -0.4 is 5.32 Å². The minimum absolute atomic E-state index is 0. The van der Waals surface area contributed by atoms with Gasteiger partial charge in [-0.2, -0.15) is 0 Å². The highest BCUT2D eigenvalue weighted by atomic mass is 35.5. The molecule has 12 heavy (non-hydrogen) atoms. The number of rotatable bonds is 5. The van der Waals surface area contributed by atoms with Crippen LogP contribution in [-0.4, -0.2) is 32.7 Å². The molecule has 2 nitrogen and oxygen atoms in total. The van der Waals surface area contributed by atoms with Gasteiger partial charge >= 0.3 is 0 Å². The predicted octanol–water partition coefficient (Wildman–Crippen LogP) is 1.30. The molecular formula is C7H14ClF2NO. The number of nitrogens with one attached hydrogen (secondary N) is 1. The molecule has 0 bridgehead atoms. The van der Waals surface area contributed by atoms with Crippen molar-refractivity contribution in [2.45, 2.75) is 12.3 Å². The van der Waals surface area contributed by atoms with Crippen molar-refractivity contribution in [3.63, 3.8) is 0 Å². The highest BCUT2D eigenvalue weighted by molar-refractivity contribution is 5.85. The second kappa shape index (κ2) is 4.94. The van der Waals surface area contributed by atoms with E-state index in [2.05, 4.69) is 5.32 Å². The summed E-state index contributed by atoms with van der Waals surface area (Å²) in [6, 6.07) is 0. The summed E-state index contributed by atoms with van der Waals surface area (Å²) in [7, 11) is 1.80. The number of hydrogen-bond donors (Lipinski definition) is 1. The van der Waals surface area contributed by atoms with Gasteiger partial charge in [0.1, 0.15) is 0 Å². The quantitative estimate of drug-likeness (QED) is 0.677. The molecule has 1 unspecified atom stereocenters. The Kier molecular flexibility index (Phi) is 4.97. The summed E-state index contributed by atoms with van der Waals surface area (Å²) < 4.78 is 29.4. The van der Waals surface area contributed by atoms with Crippen LogP contribution in [-0.2, 0) is 4.74 Å². The first-order valence-electron chi connectivity index (χ1n) is 3.77. The molecular weight excluding hydrogens is 188 g/mol. The standard InChI is InChI=1S/C7H13F2NO.ClH/c1-10-2-3-11-5-6-4-7(6,8)9;/h6,10H,2-5H2,1H3;1H. The maximum atomic E-state index is 12.2. The SMILES string of the molecule is CNCCOCC1CC1(F)F.Cl. The van der Waals surface area contributed by atoms with Crippen molar-refractivity contribution < 1.29 is 13.5 Å². The molecule has 1 fully saturated rings. The predicted molar refractivity (Wildman–Crippen MR) is 45.0 cm³/mol. The lowest BCUT2D eigenvalue weighted by atomic mass is 10.4. The molecule has 1 atom stereocenters. The van der Waals surface area contributed by atoms with E-state index >= 15 is 0 Å². The lowest BCUT2D eigenvalue weighted by Gasteiger charge is -2.01. The molecule has 0 amide bonds. The Labute approximate surface area is 77.1 Å². The summed E-state index contributed by atoms with van der Waals surface area (Å²) in [5.74, 6) is -2.95. The van der Waals surface area contributed by atoms with Crippen LogP contribution >= 0.6 is 12.4 Å². The molecule has 5 heteroatoms. The molecule has 1 N–H and O–H groups in total. The average Bonchev–Trinajstić information content (AvgIpc) is 2.52. The average molecular weight is 202 g/mol. The van der Waals surface area contributed by atoms with Crippen LogP contribution in [0.15, 0.2) is 0 Å². The van der Waals surface area contributed by atoms with Gasteiger partial charge in [0.15, 0.2) is 0 Å². The van der Waals surface area contributed by atoms with Crippen molar-refractivity contribution >= 4 is 12.4 Å². The summed E-state index contributed by atoms with van der Waals surface area (Å²) in [5, 5.41) is 2.87. The number of likely N-dealkylation sites (N-methyl/N-ethyl adjacent to an activating group) is 1. The molecule has 0 spiro atoms. The molecule has 1 rings (SSSR count). The highest BCUT2D eigenvalue weighted by Gasteiger charge is 2.56. The van der Waals surface area contributed by atoms with Gasteiger partial charge in [-0.25, -0.2) is 8.78 Å². The molecule has 0 heterocycles. The van der Waals surface area contributed by atoms with Gasteiger partial charge in [-0.3, -0.25) is 0 Å². The van der Waals surface area contributed by atoms with E-state index in [-0.39, 0.29) is 25.4 Å². The van der Waals surface area contributed by atoms with Crippen molar-refractivity contribution in [1.82, 2.24) is 5.32 Å². The molecule has 0 aromatic carbocycles. The third kappa shape index (κ3) is 3.65. The number of hydrogen-bond acceptors (Lipinski definition) is 2. The lowest BCUT2D eigenvalue weighted by Crippen LogP contribution is -2.15. The van der Waals surface area contributed by atoms with Crippen molar-refractivity contribution in [2.24, 2.45) is 5.92 Å². The molecule has 0 saturated heterocycles. The molecule has 0 aromatic rings. The van der Waals surface area contributed by atoms with E-state index in [1.807, 2.05) is 0 Å². The van der Waals surface area contributed by atoms with E-state index in [9.17, 15) is 8.78 Å². The fourth-order valence-corrected chi connectivity index (χ4v) is 0.850. The van der Waals surface area contributed by atoms with Gasteiger partial charge in [-0.15, -0.1) is 12.4 Å². The summed E-state index contributed by atoms with van der Waals surface area (Å²) in [6.07, 6.45) is 0.00650. The van der Waals surface area contributed by atoms with E-state index in [4.69, 9.17) is 4.74 Å². The molecule has 1 saturated carbocycles. The Hall–Kier alpha value is 0.0700. The van der Waals surface area contributed by atoms with Crippen molar-refractivity contribution in [2.75, 3.05) is 26.8 Å². The first kappa shape index (κ1) is 12.1. The minimum Gasteiger partial charge on any atom is -0.380 e. The van der Waals surface area contributed by atoms with Crippen LogP contribution in [0.2, 0.25) is 0 Å². The maximum absolute atomic E-state index is 12.2.